The van der Waals surface area contributed by atoms with Gasteiger partial charge in [0.2, 0.25) is 5.91 Å². The molecule has 138 valence electrons. The Balaban J connectivity index is 1.54. The molecule has 10 heteroatoms. The van der Waals surface area contributed by atoms with Crippen molar-refractivity contribution in [3.8, 4) is 0 Å². The highest BCUT2D eigenvalue weighted by molar-refractivity contribution is 6.03. The molecule has 3 heterocycles. The minimum Gasteiger partial charge on any atom is -0.456 e. The van der Waals surface area contributed by atoms with Crippen molar-refractivity contribution in [3.05, 3.63) is 57.5 Å². The van der Waals surface area contributed by atoms with Crippen LogP contribution in [0.3, 0.4) is 0 Å². The SMILES string of the molecule is Cc1cn(C2=C(C(=O)OCc3ccc([N+](=O)[O-])cc3)N3C(=O)C[C@H]3C2)nn1. The molecule has 0 saturated carbocycles. The number of carbonyl (C=O) groups excluding carboxylic acids is 2. The van der Waals surface area contributed by atoms with Crippen LogP contribution in [0.15, 0.2) is 36.2 Å². The van der Waals surface area contributed by atoms with Gasteiger partial charge in [0, 0.05) is 25.0 Å². The number of hydrogen-bond acceptors (Lipinski definition) is 7. The smallest absolute Gasteiger partial charge is 0.357 e. The van der Waals surface area contributed by atoms with Crippen molar-refractivity contribution in [1.29, 1.82) is 0 Å². The molecule has 1 atom stereocenters. The van der Waals surface area contributed by atoms with Crippen LogP contribution < -0.4 is 0 Å². The number of aromatic nitrogens is 3. The molecular formula is C17H15N5O5. The summed E-state index contributed by atoms with van der Waals surface area (Å²) in [4.78, 5) is 36.3. The highest BCUT2D eigenvalue weighted by Crippen LogP contribution is 2.40. The lowest BCUT2D eigenvalue weighted by Crippen LogP contribution is -2.49. The molecule has 27 heavy (non-hydrogen) atoms. The number of fused-ring (bicyclic) bond motifs is 1. The van der Waals surface area contributed by atoms with Crippen LogP contribution in [0, 0.1) is 17.0 Å². The molecule has 1 saturated heterocycles. The van der Waals surface area contributed by atoms with Gasteiger partial charge < -0.3 is 9.64 Å². The maximum absolute atomic E-state index is 12.7. The van der Waals surface area contributed by atoms with E-state index in [-0.39, 0.29) is 29.9 Å². The number of nitro benzene ring substituents is 1. The fraction of sp³-hybridized carbons (Fsp3) is 0.294. The van der Waals surface area contributed by atoms with E-state index in [4.69, 9.17) is 4.74 Å². The lowest BCUT2D eigenvalue weighted by molar-refractivity contribution is -0.384. The fourth-order valence-corrected chi connectivity index (χ4v) is 3.24. The number of ether oxygens (including phenoxy) is 1. The van der Waals surface area contributed by atoms with Crippen LogP contribution >= 0.6 is 0 Å². The maximum Gasteiger partial charge on any atom is 0.357 e. The summed E-state index contributed by atoms with van der Waals surface area (Å²) >= 11 is 0. The molecule has 0 spiro atoms. The van der Waals surface area contributed by atoms with Crippen molar-refractivity contribution in [2.24, 2.45) is 0 Å². The molecule has 0 unspecified atom stereocenters. The van der Waals surface area contributed by atoms with E-state index < -0.39 is 10.9 Å². The van der Waals surface area contributed by atoms with Crippen LogP contribution in [0.2, 0.25) is 0 Å². The predicted octanol–water partition coefficient (Wildman–Crippen LogP) is 1.41. The van der Waals surface area contributed by atoms with E-state index in [1.54, 1.807) is 13.1 Å². The average molecular weight is 369 g/mol. The van der Waals surface area contributed by atoms with E-state index in [1.165, 1.54) is 33.8 Å². The van der Waals surface area contributed by atoms with Crippen LogP contribution in [0.5, 0.6) is 0 Å². The monoisotopic (exact) mass is 369 g/mol. The van der Waals surface area contributed by atoms with Gasteiger partial charge in [-0.15, -0.1) is 5.10 Å². The summed E-state index contributed by atoms with van der Waals surface area (Å²) in [7, 11) is 0. The summed E-state index contributed by atoms with van der Waals surface area (Å²) in [6.45, 7) is 1.72. The van der Waals surface area contributed by atoms with E-state index in [0.29, 0.717) is 29.8 Å². The van der Waals surface area contributed by atoms with E-state index in [0.717, 1.165) is 0 Å². The molecule has 1 aromatic heterocycles. The number of nitrogens with zero attached hydrogens (tertiary/aromatic N) is 5. The topological polar surface area (TPSA) is 120 Å². The fourth-order valence-electron chi connectivity index (χ4n) is 3.24. The summed E-state index contributed by atoms with van der Waals surface area (Å²) in [6.07, 6.45) is 2.59. The quantitative estimate of drug-likeness (QED) is 0.338. The van der Waals surface area contributed by atoms with Crippen LogP contribution in [0.1, 0.15) is 24.1 Å². The Bertz CT molecular complexity index is 978. The maximum atomic E-state index is 12.7. The van der Waals surface area contributed by atoms with Gasteiger partial charge in [0.15, 0.2) is 5.70 Å². The highest BCUT2D eigenvalue weighted by atomic mass is 16.6. The molecule has 2 aliphatic heterocycles. The van der Waals surface area contributed by atoms with E-state index in [2.05, 4.69) is 10.3 Å². The number of rotatable bonds is 5. The Kier molecular flexibility index (Phi) is 3.94. The third-order valence-electron chi connectivity index (χ3n) is 4.58. The molecular weight excluding hydrogens is 354 g/mol. The molecule has 0 N–H and O–H groups in total. The van der Waals surface area contributed by atoms with E-state index in [9.17, 15) is 19.7 Å². The van der Waals surface area contributed by atoms with Crippen LogP contribution in [-0.2, 0) is 20.9 Å². The van der Waals surface area contributed by atoms with Crippen molar-refractivity contribution in [2.75, 3.05) is 0 Å². The lowest BCUT2D eigenvalue weighted by atomic mass is 10.0. The van der Waals surface area contributed by atoms with Gasteiger partial charge in [-0.2, -0.15) is 0 Å². The first-order valence-electron chi connectivity index (χ1n) is 8.29. The van der Waals surface area contributed by atoms with Gasteiger partial charge in [0.25, 0.3) is 5.69 Å². The first-order chi connectivity index (χ1) is 12.9. The number of β-lactam (4-membered cyclic amide) rings is 1. The molecule has 4 rings (SSSR count). The molecule has 2 aromatic rings. The van der Waals surface area contributed by atoms with Gasteiger partial charge in [0.1, 0.15) is 6.61 Å². The third-order valence-corrected chi connectivity index (χ3v) is 4.58. The van der Waals surface area contributed by atoms with Crippen LogP contribution in [0.4, 0.5) is 5.69 Å². The van der Waals surface area contributed by atoms with Crippen LogP contribution in [-0.4, -0.2) is 42.7 Å². The normalized spacial score (nSPS) is 18.3. The molecule has 0 radical (unpaired) electrons. The minimum atomic E-state index is -0.632. The van der Waals surface area contributed by atoms with Gasteiger partial charge >= 0.3 is 5.97 Å². The minimum absolute atomic E-state index is 0.0403. The number of hydrogen-bond donors (Lipinski definition) is 0. The first-order valence-corrected chi connectivity index (χ1v) is 8.29. The number of nitro groups is 1. The molecule has 1 fully saturated rings. The summed E-state index contributed by atoms with van der Waals surface area (Å²) in [6, 6.07) is 5.67. The Morgan fingerprint density at radius 1 is 1.33 bits per heavy atom. The largest absolute Gasteiger partial charge is 0.456 e. The van der Waals surface area contributed by atoms with E-state index in [1.807, 2.05) is 0 Å². The number of aryl methyl sites for hydroxylation is 1. The zero-order valence-corrected chi connectivity index (χ0v) is 14.4. The Labute approximate surface area is 153 Å². The predicted molar refractivity (Wildman–Crippen MR) is 90.7 cm³/mol. The van der Waals surface area contributed by atoms with Crippen molar-refractivity contribution in [2.45, 2.75) is 32.4 Å². The second-order valence-electron chi connectivity index (χ2n) is 6.43. The molecule has 10 nitrogen and oxygen atoms in total. The Morgan fingerprint density at radius 2 is 2.07 bits per heavy atom. The van der Waals surface area contributed by atoms with Gasteiger partial charge in [-0.25, -0.2) is 9.48 Å². The van der Waals surface area contributed by atoms with Crippen molar-refractivity contribution < 1.29 is 19.2 Å². The van der Waals surface area contributed by atoms with Crippen molar-refractivity contribution in [1.82, 2.24) is 19.9 Å². The summed E-state index contributed by atoms with van der Waals surface area (Å²) in [5.74, 6) is -0.763. The Hall–Kier alpha value is -3.56. The first kappa shape index (κ1) is 16.9. The van der Waals surface area contributed by atoms with Crippen molar-refractivity contribution >= 4 is 23.3 Å². The lowest BCUT2D eigenvalue weighted by Gasteiger charge is -2.35. The highest BCUT2D eigenvalue weighted by Gasteiger charge is 2.48. The van der Waals surface area contributed by atoms with Gasteiger partial charge in [-0.1, -0.05) is 5.21 Å². The molecule has 2 aliphatic rings. The average Bonchev–Trinajstić information content (AvgIpc) is 3.20. The molecule has 0 aliphatic carbocycles. The number of carbonyl (C=O) groups is 2. The molecule has 0 bridgehead atoms. The Morgan fingerprint density at radius 3 is 2.67 bits per heavy atom. The van der Waals surface area contributed by atoms with Gasteiger partial charge in [-0.05, 0) is 24.6 Å². The zero-order valence-electron chi connectivity index (χ0n) is 14.4. The standard InChI is InChI=1S/C17H15N5O5/c1-10-8-20(19-18-10)14-6-13-7-15(23)21(13)16(14)17(24)27-9-11-2-4-12(5-3-11)22(25)26/h2-5,8,13H,6-7,9H2,1H3/t13-/m1/s1. The molecule has 1 aromatic carbocycles. The zero-order chi connectivity index (χ0) is 19.1. The summed E-state index contributed by atoms with van der Waals surface area (Å²) < 4.78 is 6.85. The van der Waals surface area contributed by atoms with Crippen molar-refractivity contribution in [3.63, 3.8) is 0 Å². The number of esters is 1. The second-order valence-corrected chi connectivity index (χ2v) is 6.43. The van der Waals surface area contributed by atoms with Gasteiger partial charge in [-0.3, -0.25) is 14.9 Å². The molecule has 1 amide bonds. The number of benzene rings is 1. The number of amides is 1. The number of non-ortho nitro benzene ring substituents is 1. The third kappa shape index (κ3) is 2.94. The van der Waals surface area contributed by atoms with E-state index >= 15 is 0 Å². The second kappa shape index (κ2) is 6.31. The summed E-state index contributed by atoms with van der Waals surface area (Å²) in [5.41, 5.74) is 2.03. The van der Waals surface area contributed by atoms with Gasteiger partial charge in [0.05, 0.1) is 28.6 Å². The summed E-state index contributed by atoms with van der Waals surface area (Å²) in [5, 5.41) is 18.6. The van der Waals surface area contributed by atoms with Crippen LogP contribution in [0.25, 0.3) is 5.70 Å².